The van der Waals surface area contributed by atoms with E-state index in [1.165, 1.54) is 17.4 Å². The quantitative estimate of drug-likeness (QED) is 0.172. The predicted molar refractivity (Wildman–Crippen MR) is 177 cm³/mol. The molecule has 0 spiro atoms. The summed E-state index contributed by atoms with van der Waals surface area (Å²) < 4.78 is 41.1. The van der Waals surface area contributed by atoms with Crippen molar-refractivity contribution in [3.05, 3.63) is 111 Å². The number of aryl methyl sites for hydroxylation is 1. The fraction of sp³-hybridized carbons (Fsp3) is 0.395. The van der Waals surface area contributed by atoms with Gasteiger partial charge in [-0.05, 0) is 97.9 Å². The van der Waals surface area contributed by atoms with Gasteiger partial charge in [-0.1, -0.05) is 55.3 Å². The first-order valence-electron chi connectivity index (χ1n) is 16.4. The number of alkyl halides is 3. The molecule has 9 heteroatoms. The van der Waals surface area contributed by atoms with Gasteiger partial charge in [0.15, 0.2) is 5.78 Å². The van der Waals surface area contributed by atoms with Gasteiger partial charge in [0.05, 0.1) is 17.7 Å². The Hall–Kier alpha value is -3.82. The van der Waals surface area contributed by atoms with Crippen molar-refractivity contribution >= 4 is 23.0 Å². The number of aromatic nitrogens is 1. The van der Waals surface area contributed by atoms with Crippen molar-refractivity contribution in [1.29, 1.82) is 0 Å². The normalized spacial score (nSPS) is 18.4. The third-order valence-electron chi connectivity index (χ3n) is 9.61. The van der Waals surface area contributed by atoms with Gasteiger partial charge in [0.2, 0.25) is 0 Å². The number of Topliss-reactive ketones (excluding diaryl/α,β-unsaturated/α-hetero) is 1. The summed E-state index contributed by atoms with van der Waals surface area (Å²) in [6.07, 6.45) is 0.862. The highest BCUT2D eigenvalue weighted by Crippen LogP contribution is 2.38. The Kier molecular flexibility index (Phi) is 9.94. The first-order valence-corrected chi connectivity index (χ1v) is 17.3. The molecule has 5 nitrogen and oxygen atoms in total. The minimum Gasteiger partial charge on any atom is -0.393 e. The number of carbonyl (C=O) groups is 2. The van der Waals surface area contributed by atoms with Crippen molar-refractivity contribution in [1.82, 2.24) is 9.88 Å². The second kappa shape index (κ2) is 14.1. The molecule has 0 unspecified atom stereocenters. The Morgan fingerprint density at radius 3 is 2.38 bits per heavy atom. The van der Waals surface area contributed by atoms with Crippen molar-refractivity contribution in [2.24, 2.45) is 11.8 Å². The lowest BCUT2D eigenvalue weighted by atomic mass is 9.81. The van der Waals surface area contributed by atoms with E-state index < -0.39 is 17.8 Å². The number of aliphatic hydroxyl groups is 1. The van der Waals surface area contributed by atoms with Crippen molar-refractivity contribution < 1.29 is 27.9 Å². The van der Waals surface area contributed by atoms with Crippen molar-refractivity contribution in [2.75, 3.05) is 6.54 Å². The van der Waals surface area contributed by atoms with Crippen LogP contribution in [0.1, 0.15) is 93.5 Å². The molecule has 6 rings (SSSR count). The van der Waals surface area contributed by atoms with Crippen molar-refractivity contribution in [3.8, 4) is 11.1 Å². The van der Waals surface area contributed by atoms with Gasteiger partial charge in [0.1, 0.15) is 5.01 Å². The van der Waals surface area contributed by atoms with Crippen LogP contribution in [-0.2, 0) is 12.6 Å². The fourth-order valence-corrected chi connectivity index (χ4v) is 8.12. The van der Waals surface area contributed by atoms with Crippen LogP contribution in [0.5, 0.6) is 0 Å². The molecule has 0 radical (unpaired) electrons. The zero-order chi connectivity index (χ0) is 33.1. The molecule has 1 aliphatic heterocycles. The van der Waals surface area contributed by atoms with Gasteiger partial charge in [-0.25, -0.2) is 4.98 Å². The number of aliphatic hydroxyl groups excluding tert-OH is 1. The van der Waals surface area contributed by atoms with E-state index >= 15 is 0 Å². The third kappa shape index (κ3) is 7.68. The molecule has 246 valence electrons. The average molecular weight is 661 g/mol. The van der Waals surface area contributed by atoms with Gasteiger partial charge in [-0.2, -0.15) is 13.2 Å². The van der Waals surface area contributed by atoms with Gasteiger partial charge < -0.3 is 10.0 Å². The lowest BCUT2D eigenvalue weighted by molar-refractivity contribution is -0.137. The van der Waals surface area contributed by atoms with Gasteiger partial charge in [0, 0.05) is 35.2 Å². The molecule has 1 saturated carbocycles. The molecular formula is C38H39F3N2O3S. The monoisotopic (exact) mass is 660 g/mol. The summed E-state index contributed by atoms with van der Waals surface area (Å²) in [5.41, 5.74) is 2.23. The standard InChI is InChI=1S/C38H39F3N2O3S/c1-24-23-47-36(42-24)33-15-8-16-43(33)37(46)31-19-28(27-13-7-14-32(21-27)38(39,40)41)18-29(20-31)34(44)22-30(17-25-9-3-2-4-10-25)35(45)26-11-5-6-12-26/h2-4,7,9-10,13-14,18-21,23,26,30,33,35,45H,5-6,8,11-12,15-17,22H2,1H3/t30-,33-,35-/m1/s1. The van der Waals surface area contributed by atoms with Gasteiger partial charge in [-0.3, -0.25) is 9.59 Å². The molecule has 4 aromatic rings. The second-order valence-electron chi connectivity index (χ2n) is 13.0. The van der Waals surface area contributed by atoms with Crippen LogP contribution in [0.4, 0.5) is 13.2 Å². The smallest absolute Gasteiger partial charge is 0.393 e. The predicted octanol–water partition coefficient (Wildman–Crippen LogP) is 9.10. The molecule has 2 aliphatic rings. The summed E-state index contributed by atoms with van der Waals surface area (Å²) in [6.45, 7) is 2.43. The number of benzene rings is 3. The molecule has 3 atom stereocenters. The number of nitrogens with zero attached hydrogens (tertiary/aromatic N) is 2. The highest BCUT2D eigenvalue weighted by atomic mass is 32.1. The number of hydrogen-bond acceptors (Lipinski definition) is 5. The number of likely N-dealkylation sites (tertiary alicyclic amines) is 1. The Labute approximate surface area is 277 Å². The molecule has 1 aliphatic carbocycles. The van der Waals surface area contributed by atoms with E-state index in [0.717, 1.165) is 66.9 Å². The number of rotatable bonds is 10. The van der Waals surface area contributed by atoms with E-state index in [9.17, 15) is 27.9 Å². The van der Waals surface area contributed by atoms with E-state index in [2.05, 4.69) is 4.98 Å². The molecule has 2 heterocycles. The Bertz CT molecular complexity index is 1710. The van der Waals surface area contributed by atoms with Crippen molar-refractivity contribution in [3.63, 3.8) is 0 Å². The summed E-state index contributed by atoms with van der Waals surface area (Å²) in [5.74, 6) is -0.762. The van der Waals surface area contributed by atoms with E-state index in [4.69, 9.17) is 0 Å². The van der Waals surface area contributed by atoms with E-state index in [0.29, 0.717) is 18.5 Å². The molecule has 1 saturated heterocycles. The van der Waals surface area contributed by atoms with Gasteiger partial charge >= 0.3 is 6.18 Å². The number of carbonyl (C=O) groups excluding carboxylic acids is 2. The highest BCUT2D eigenvalue weighted by molar-refractivity contribution is 7.09. The van der Waals surface area contributed by atoms with Crippen LogP contribution in [0.15, 0.2) is 78.2 Å². The molecule has 2 fully saturated rings. The maximum Gasteiger partial charge on any atom is 0.416 e. The summed E-state index contributed by atoms with van der Waals surface area (Å²) in [5, 5.41) is 14.3. The maximum absolute atomic E-state index is 14.1. The fourth-order valence-electron chi connectivity index (χ4n) is 7.18. The largest absolute Gasteiger partial charge is 0.416 e. The van der Waals surface area contributed by atoms with Crippen LogP contribution >= 0.6 is 11.3 Å². The van der Waals surface area contributed by atoms with E-state index in [1.807, 2.05) is 42.6 Å². The Morgan fingerprint density at radius 1 is 0.936 bits per heavy atom. The summed E-state index contributed by atoms with van der Waals surface area (Å²) in [7, 11) is 0. The first kappa shape index (κ1) is 33.1. The zero-order valence-corrected chi connectivity index (χ0v) is 27.2. The average Bonchev–Trinajstić information content (AvgIpc) is 3.86. The van der Waals surface area contributed by atoms with Crippen LogP contribution < -0.4 is 0 Å². The summed E-state index contributed by atoms with van der Waals surface area (Å²) in [6, 6.07) is 19.3. The molecule has 1 N–H and O–H groups in total. The van der Waals surface area contributed by atoms with Crippen LogP contribution in [0.2, 0.25) is 0 Å². The molecule has 1 aromatic heterocycles. The number of hydrogen-bond donors (Lipinski definition) is 1. The minimum absolute atomic E-state index is 0.0525. The zero-order valence-electron chi connectivity index (χ0n) is 26.4. The van der Waals surface area contributed by atoms with Gasteiger partial charge in [0.25, 0.3) is 5.91 Å². The molecule has 0 bridgehead atoms. The van der Waals surface area contributed by atoms with E-state index in [-0.39, 0.29) is 52.7 Å². The second-order valence-corrected chi connectivity index (χ2v) is 13.9. The Morgan fingerprint density at radius 2 is 1.68 bits per heavy atom. The minimum atomic E-state index is -4.54. The lowest BCUT2D eigenvalue weighted by Crippen LogP contribution is -2.32. The van der Waals surface area contributed by atoms with E-state index in [1.54, 1.807) is 29.2 Å². The number of amides is 1. The first-order chi connectivity index (χ1) is 22.6. The SMILES string of the molecule is Cc1csc([C@H]2CCCN2C(=O)c2cc(C(=O)C[C@@H](Cc3ccccc3)[C@H](O)C3CCCC3)cc(-c3cccc(C(F)(F)F)c3)c2)n1. The van der Waals surface area contributed by atoms with Crippen molar-refractivity contribution in [2.45, 2.75) is 76.6 Å². The van der Waals surface area contributed by atoms with Gasteiger partial charge in [-0.15, -0.1) is 11.3 Å². The van der Waals surface area contributed by atoms with Crippen LogP contribution in [0.3, 0.4) is 0 Å². The lowest BCUT2D eigenvalue weighted by Gasteiger charge is -2.27. The topological polar surface area (TPSA) is 70.5 Å². The highest BCUT2D eigenvalue weighted by Gasteiger charge is 2.35. The molecule has 1 amide bonds. The number of halogens is 3. The summed E-state index contributed by atoms with van der Waals surface area (Å²) >= 11 is 1.51. The van der Waals surface area contributed by atoms with Crippen LogP contribution in [0.25, 0.3) is 11.1 Å². The Balaban J connectivity index is 1.36. The van der Waals surface area contributed by atoms with Crippen LogP contribution in [-0.4, -0.2) is 39.3 Å². The maximum atomic E-state index is 14.1. The number of ketones is 1. The summed E-state index contributed by atoms with van der Waals surface area (Å²) in [4.78, 5) is 34.7. The molecule has 47 heavy (non-hydrogen) atoms. The number of thiazole rings is 1. The molecule has 3 aromatic carbocycles. The third-order valence-corrected chi connectivity index (χ3v) is 10.7. The van der Waals surface area contributed by atoms with Crippen LogP contribution in [0, 0.1) is 18.8 Å². The molecular weight excluding hydrogens is 621 g/mol.